The predicted octanol–water partition coefficient (Wildman–Crippen LogP) is 1.02. The molecule has 1 amide bonds. The average Bonchev–Trinajstić information content (AvgIpc) is 2.34. The van der Waals surface area contributed by atoms with Crippen molar-refractivity contribution in [1.29, 1.82) is 0 Å². The first kappa shape index (κ1) is 10.9. The van der Waals surface area contributed by atoms with Gasteiger partial charge in [-0.2, -0.15) is 5.10 Å². The quantitative estimate of drug-likeness (QED) is 0.528. The number of hydrogen-bond acceptors (Lipinski definition) is 5. The maximum atomic E-state index is 11.8. The van der Waals surface area contributed by atoms with Crippen LogP contribution in [0.4, 0.5) is 11.5 Å². The maximum absolute atomic E-state index is 11.8. The molecule has 1 aromatic heterocycles. The number of nitrogens with two attached hydrogens (primary N) is 1. The number of aromatic hydroxyl groups is 1. The molecule has 17 heavy (non-hydrogen) atoms. The fourth-order valence-electron chi connectivity index (χ4n) is 1.30. The molecule has 0 bridgehead atoms. The van der Waals surface area contributed by atoms with Crippen LogP contribution in [0.5, 0.6) is 5.75 Å². The largest absolute Gasteiger partial charge is 0.505 e. The van der Waals surface area contributed by atoms with Gasteiger partial charge in [0.15, 0.2) is 11.6 Å². The summed E-state index contributed by atoms with van der Waals surface area (Å²) >= 11 is 0. The minimum atomic E-state index is -0.490. The summed E-state index contributed by atoms with van der Waals surface area (Å²) in [6, 6.07) is 7.79. The van der Waals surface area contributed by atoms with Gasteiger partial charge >= 0.3 is 0 Å². The van der Waals surface area contributed by atoms with E-state index in [2.05, 4.69) is 15.5 Å². The Morgan fingerprint density at radius 1 is 1.29 bits per heavy atom. The summed E-state index contributed by atoms with van der Waals surface area (Å²) in [5, 5.41) is 19.4. The van der Waals surface area contributed by atoms with E-state index in [1.165, 1.54) is 18.3 Å². The van der Waals surface area contributed by atoms with Crippen LogP contribution in [0.25, 0.3) is 0 Å². The van der Waals surface area contributed by atoms with Crippen LogP contribution < -0.4 is 11.1 Å². The zero-order valence-electron chi connectivity index (χ0n) is 8.79. The number of aromatic nitrogens is 2. The number of rotatable bonds is 2. The van der Waals surface area contributed by atoms with Crippen molar-refractivity contribution in [2.24, 2.45) is 0 Å². The van der Waals surface area contributed by atoms with Crippen LogP contribution in [0.2, 0.25) is 0 Å². The van der Waals surface area contributed by atoms with Crippen LogP contribution >= 0.6 is 0 Å². The first-order chi connectivity index (χ1) is 8.18. The van der Waals surface area contributed by atoms with E-state index in [0.29, 0.717) is 5.82 Å². The highest BCUT2D eigenvalue weighted by atomic mass is 16.3. The predicted molar refractivity (Wildman–Crippen MR) is 62.5 cm³/mol. The third-order valence-corrected chi connectivity index (χ3v) is 2.13. The van der Waals surface area contributed by atoms with E-state index in [4.69, 9.17) is 5.73 Å². The smallest absolute Gasteiger partial charge is 0.260 e. The second-order valence-corrected chi connectivity index (χ2v) is 3.31. The Bertz CT molecular complexity index is 542. The average molecular weight is 230 g/mol. The van der Waals surface area contributed by atoms with Gasteiger partial charge in [-0.25, -0.2) is 0 Å². The normalized spacial score (nSPS) is 9.88. The van der Waals surface area contributed by atoms with Gasteiger partial charge in [-0.15, -0.1) is 5.10 Å². The molecule has 0 atom stereocenters. The molecule has 0 spiro atoms. The summed E-state index contributed by atoms with van der Waals surface area (Å²) in [4.78, 5) is 11.8. The first-order valence-electron chi connectivity index (χ1n) is 4.85. The van der Waals surface area contributed by atoms with Gasteiger partial charge in [-0.1, -0.05) is 6.07 Å². The lowest BCUT2D eigenvalue weighted by atomic mass is 10.1. The number of amides is 1. The molecular weight excluding hydrogens is 220 g/mol. The molecule has 0 fully saturated rings. The molecule has 0 aliphatic heterocycles. The Kier molecular flexibility index (Phi) is 2.87. The van der Waals surface area contributed by atoms with E-state index in [0.717, 1.165) is 0 Å². The molecule has 0 unspecified atom stereocenters. The number of benzene rings is 1. The van der Waals surface area contributed by atoms with Gasteiger partial charge in [0.05, 0.1) is 11.3 Å². The molecule has 2 rings (SSSR count). The molecule has 2 aromatic rings. The van der Waals surface area contributed by atoms with E-state index >= 15 is 0 Å². The number of phenols is 1. The van der Waals surface area contributed by atoms with Crippen LogP contribution in [-0.4, -0.2) is 21.2 Å². The summed E-state index contributed by atoms with van der Waals surface area (Å²) in [7, 11) is 0. The highest BCUT2D eigenvalue weighted by Crippen LogP contribution is 2.24. The molecule has 0 aliphatic carbocycles. The van der Waals surface area contributed by atoms with E-state index in [9.17, 15) is 9.90 Å². The zero-order valence-corrected chi connectivity index (χ0v) is 8.79. The zero-order chi connectivity index (χ0) is 12.3. The fraction of sp³-hybridized carbons (Fsp3) is 0. The van der Waals surface area contributed by atoms with Crippen molar-refractivity contribution in [2.75, 3.05) is 11.1 Å². The molecule has 1 aromatic carbocycles. The molecule has 0 radical (unpaired) electrons. The van der Waals surface area contributed by atoms with Gasteiger partial charge in [-0.3, -0.25) is 4.79 Å². The number of nitrogens with one attached hydrogen (secondary N) is 1. The second-order valence-electron chi connectivity index (χ2n) is 3.31. The Labute approximate surface area is 97.1 Å². The van der Waals surface area contributed by atoms with Crippen LogP contribution in [0.3, 0.4) is 0 Å². The van der Waals surface area contributed by atoms with E-state index in [1.807, 2.05) is 0 Å². The molecule has 0 aliphatic rings. The van der Waals surface area contributed by atoms with Crippen molar-refractivity contribution >= 4 is 17.4 Å². The summed E-state index contributed by atoms with van der Waals surface area (Å²) in [6.45, 7) is 0. The molecule has 0 saturated heterocycles. The third-order valence-electron chi connectivity index (χ3n) is 2.13. The van der Waals surface area contributed by atoms with Gasteiger partial charge < -0.3 is 16.2 Å². The summed E-state index contributed by atoms with van der Waals surface area (Å²) in [5.74, 6) is -0.427. The molecule has 86 valence electrons. The lowest BCUT2D eigenvalue weighted by Gasteiger charge is -2.06. The topological polar surface area (TPSA) is 101 Å². The number of carbonyl (C=O) groups excluding carboxylic acids is 1. The van der Waals surface area contributed by atoms with Gasteiger partial charge in [0, 0.05) is 6.20 Å². The molecule has 0 saturated carbocycles. The highest BCUT2D eigenvalue weighted by molar-refractivity contribution is 6.06. The van der Waals surface area contributed by atoms with Crippen molar-refractivity contribution in [1.82, 2.24) is 10.2 Å². The third kappa shape index (κ3) is 2.31. The van der Waals surface area contributed by atoms with Crippen molar-refractivity contribution in [2.45, 2.75) is 0 Å². The summed E-state index contributed by atoms with van der Waals surface area (Å²) in [6.07, 6.45) is 1.49. The Morgan fingerprint density at radius 3 is 2.82 bits per heavy atom. The standard InChI is InChI=1S/C11H10N4O2/c12-8-4-1-3-7(10(8)16)11(17)14-9-5-2-6-13-15-9/h1-6,16H,12H2,(H,14,15,17). The Balaban J connectivity index is 2.24. The highest BCUT2D eigenvalue weighted by Gasteiger charge is 2.13. The number of anilines is 2. The van der Waals surface area contributed by atoms with Crippen LogP contribution in [0.1, 0.15) is 10.4 Å². The van der Waals surface area contributed by atoms with Gasteiger partial charge in [0.2, 0.25) is 0 Å². The first-order valence-corrected chi connectivity index (χ1v) is 4.85. The fourth-order valence-corrected chi connectivity index (χ4v) is 1.30. The van der Waals surface area contributed by atoms with Crippen LogP contribution in [-0.2, 0) is 0 Å². The van der Waals surface area contributed by atoms with Crippen molar-refractivity contribution in [3.63, 3.8) is 0 Å². The Morgan fingerprint density at radius 2 is 2.12 bits per heavy atom. The monoisotopic (exact) mass is 230 g/mol. The number of nitrogen functional groups attached to an aromatic ring is 1. The molecule has 4 N–H and O–H groups in total. The summed E-state index contributed by atoms with van der Waals surface area (Å²) < 4.78 is 0. The lowest BCUT2D eigenvalue weighted by molar-refractivity contribution is 0.102. The van der Waals surface area contributed by atoms with Crippen LogP contribution in [0, 0.1) is 0 Å². The summed E-state index contributed by atoms with van der Waals surface area (Å²) in [5.41, 5.74) is 5.74. The SMILES string of the molecule is Nc1cccc(C(=O)Nc2cccnn2)c1O. The van der Waals surface area contributed by atoms with Crippen molar-refractivity contribution in [3.8, 4) is 5.75 Å². The van der Waals surface area contributed by atoms with Crippen molar-refractivity contribution < 1.29 is 9.90 Å². The van der Waals surface area contributed by atoms with Crippen LogP contribution in [0.15, 0.2) is 36.5 Å². The number of phenolic OH excluding ortho intramolecular Hbond substituents is 1. The van der Waals surface area contributed by atoms with E-state index in [-0.39, 0.29) is 17.0 Å². The Hall–Kier alpha value is -2.63. The van der Waals surface area contributed by atoms with Crippen molar-refractivity contribution in [3.05, 3.63) is 42.1 Å². The number of carbonyl (C=O) groups is 1. The molecule has 1 heterocycles. The molecule has 6 nitrogen and oxygen atoms in total. The number of nitrogens with zero attached hydrogens (tertiary/aromatic N) is 2. The second kappa shape index (κ2) is 4.48. The maximum Gasteiger partial charge on any atom is 0.260 e. The minimum Gasteiger partial charge on any atom is -0.505 e. The van der Waals surface area contributed by atoms with Gasteiger partial charge in [-0.05, 0) is 24.3 Å². The lowest BCUT2D eigenvalue weighted by Crippen LogP contribution is -2.13. The number of para-hydroxylation sites is 1. The number of hydrogen-bond donors (Lipinski definition) is 3. The van der Waals surface area contributed by atoms with Gasteiger partial charge in [0.25, 0.3) is 5.91 Å². The minimum absolute atomic E-state index is 0.0932. The molecule has 6 heteroatoms. The molecular formula is C11H10N4O2. The van der Waals surface area contributed by atoms with E-state index < -0.39 is 5.91 Å². The van der Waals surface area contributed by atoms with Gasteiger partial charge in [0.1, 0.15) is 0 Å². The van der Waals surface area contributed by atoms with E-state index in [1.54, 1.807) is 18.2 Å².